The zero-order chi connectivity index (χ0) is 20.0. The molecule has 0 atom stereocenters. The molecular formula is C21H23N3O3S. The number of carbonyl (C=O) groups excluding carboxylic acids is 1. The first kappa shape index (κ1) is 19.8. The fourth-order valence-corrected chi connectivity index (χ4v) is 4.18. The molecular weight excluding hydrogens is 374 g/mol. The number of sulfone groups is 1. The van der Waals surface area contributed by atoms with Gasteiger partial charge in [-0.15, -0.1) is 0 Å². The Labute approximate surface area is 165 Å². The van der Waals surface area contributed by atoms with Crippen LogP contribution in [0.5, 0.6) is 0 Å². The molecule has 3 aromatic rings. The van der Waals surface area contributed by atoms with E-state index in [-0.39, 0.29) is 23.1 Å². The Hall–Kier alpha value is -2.93. The lowest BCUT2D eigenvalue weighted by molar-refractivity contribution is 0.0955. The van der Waals surface area contributed by atoms with E-state index < -0.39 is 9.84 Å². The SMILES string of the molecule is CCc1c(C(=O)NCCS(=O)(=O)c2ccccc2)cnn1Cc1ccccc1. The second-order valence-electron chi connectivity index (χ2n) is 6.39. The van der Waals surface area contributed by atoms with Gasteiger partial charge in [0.2, 0.25) is 0 Å². The standard InChI is InChI=1S/C21H23N3O3S/c1-2-20-19(15-23-24(20)16-17-9-5-3-6-10-17)21(25)22-13-14-28(26,27)18-11-7-4-8-12-18/h3-12,15H,2,13-14,16H2,1H3,(H,22,25). The summed E-state index contributed by atoms with van der Waals surface area (Å²) in [5.74, 6) is -0.457. The van der Waals surface area contributed by atoms with E-state index in [0.717, 1.165) is 11.3 Å². The van der Waals surface area contributed by atoms with Crippen molar-refractivity contribution in [1.29, 1.82) is 0 Å². The number of hydrogen-bond acceptors (Lipinski definition) is 4. The molecule has 0 aliphatic rings. The Bertz CT molecular complexity index is 1030. The van der Waals surface area contributed by atoms with Crippen molar-refractivity contribution in [3.63, 3.8) is 0 Å². The molecule has 0 aliphatic heterocycles. The van der Waals surface area contributed by atoms with Crippen LogP contribution in [0, 0.1) is 0 Å². The van der Waals surface area contributed by atoms with Crippen molar-refractivity contribution in [1.82, 2.24) is 15.1 Å². The third-order valence-corrected chi connectivity index (χ3v) is 6.19. The number of aromatic nitrogens is 2. The molecule has 1 heterocycles. The first-order valence-corrected chi connectivity index (χ1v) is 10.8. The van der Waals surface area contributed by atoms with Crippen LogP contribution in [-0.4, -0.2) is 36.4 Å². The van der Waals surface area contributed by atoms with Gasteiger partial charge in [-0.25, -0.2) is 8.42 Å². The molecule has 28 heavy (non-hydrogen) atoms. The molecule has 0 fully saturated rings. The van der Waals surface area contributed by atoms with Crippen LogP contribution in [0.1, 0.15) is 28.5 Å². The normalized spacial score (nSPS) is 11.3. The van der Waals surface area contributed by atoms with Crippen molar-refractivity contribution in [2.24, 2.45) is 0 Å². The first-order chi connectivity index (χ1) is 13.5. The molecule has 0 saturated heterocycles. The van der Waals surface area contributed by atoms with Gasteiger partial charge in [0.1, 0.15) is 0 Å². The van der Waals surface area contributed by atoms with Crippen LogP contribution in [0.25, 0.3) is 0 Å². The van der Waals surface area contributed by atoms with Crippen LogP contribution in [-0.2, 0) is 22.8 Å². The predicted molar refractivity (Wildman–Crippen MR) is 108 cm³/mol. The van der Waals surface area contributed by atoms with E-state index in [1.807, 2.05) is 41.9 Å². The van der Waals surface area contributed by atoms with Crippen LogP contribution in [0.15, 0.2) is 71.8 Å². The van der Waals surface area contributed by atoms with E-state index in [9.17, 15) is 13.2 Å². The van der Waals surface area contributed by atoms with Crippen molar-refractivity contribution in [2.45, 2.75) is 24.8 Å². The highest BCUT2D eigenvalue weighted by Crippen LogP contribution is 2.13. The third-order valence-electron chi connectivity index (χ3n) is 4.46. The summed E-state index contributed by atoms with van der Waals surface area (Å²) in [7, 11) is -3.42. The minimum atomic E-state index is -3.42. The molecule has 1 aromatic heterocycles. The monoisotopic (exact) mass is 397 g/mol. The van der Waals surface area contributed by atoms with Gasteiger partial charge < -0.3 is 5.32 Å². The van der Waals surface area contributed by atoms with Crippen molar-refractivity contribution in [3.8, 4) is 0 Å². The Kier molecular flexibility index (Phi) is 6.26. The Morgan fingerprint density at radius 3 is 2.32 bits per heavy atom. The number of rotatable bonds is 8. The topological polar surface area (TPSA) is 81.1 Å². The maximum atomic E-state index is 12.6. The van der Waals surface area contributed by atoms with Crippen LogP contribution in [0.4, 0.5) is 0 Å². The Morgan fingerprint density at radius 2 is 1.68 bits per heavy atom. The van der Waals surface area contributed by atoms with Gasteiger partial charge in [0.25, 0.3) is 5.91 Å². The fourth-order valence-electron chi connectivity index (χ4n) is 3.01. The van der Waals surface area contributed by atoms with Crippen molar-refractivity contribution in [2.75, 3.05) is 12.3 Å². The summed E-state index contributed by atoms with van der Waals surface area (Å²) in [5, 5.41) is 7.05. The number of benzene rings is 2. The quantitative estimate of drug-likeness (QED) is 0.634. The van der Waals surface area contributed by atoms with E-state index in [0.29, 0.717) is 18.5 Å². The van der Waals surface area contributed by atoms with Gasteiger partial charge >= 0.3 is 0 Å². The summed E-state index contributed by atoms with van der Waals surface area (Å²) in [6.45, 7) is 2.60. The van der Waals surface area contributed by atoms with Gasteiger partial charge in [-0.3, -0.25) is 9.48 Å². The van der Waals surface area contributed by atoms with E-state index in [4.69, 9.17) is 0 Å². The summed E-state index contributed by atoms with van der Waals surface area (Å²) in [5.41, 5.74) is 2.41. The lowest BCUT2D eigenvalue weighted by Gasteiger charge is -2.09. The summed E-state index contributed by atoms with van der Waals surface area (Å²) >= 11 is 0. The number of nitrogens with one attached hydrogen (secondary N) is 1. The summed E-state index contributed by atoms with van der Waals surface area (Å²) in [6.07, 6.45) is 2.20. The molecule has 1 amide bonds. The highest BCUT2D eigenvalue weighted by molar-refractivity contribution is 7.91. The van der Waals surface area contributed by atoms with Gasteiger partial charge in [-0.1, -0.05) is 55.5 Å². The highest BCUT2D eigenvalue weighted by atomic mass is 32.2. The second-order valence-corrected chi connectivity index (χ2v) is 8.50. The maximum Gasteiger partial charge on any atom is 0.254 e. The second kappa shape index (κ2) is 8.84. The largest absolute Gasteiger partial charge is 0.351 e. The Balaban J connectivity index is 1.65. The minimum absolute atomic E-state index is 0.0447. The number of hydrogen-bond donors (Lipinski definition) is 1. The molecule has 2 aromatic carbocycles. The molecule has 0 spiro atoms. The van der Waals surface area contributed by atoms with Crippen LogP contribution in [0.3, 0.4) is 0 Å². The summed E-state index contributed by atoms with van der Waals surface area (Å²) in [6, 6.07) is 18.1. The van der Waals surface area contributed by atoms with Crippen LogP contribution < -0.4 is 5.32 Å². The summed E-state index contributed by atoms with van der Waals surface area (Å²) in [4.78, 5) is 12.8. The van der Waals surface area contributed by atoms with Crippen molar-refractivity contribution < 1.29 is 13.2 Å². The van der Waals surface area contributed by atoms with Gasteiger partial charge in [0.15, 0.2) is 9.84 Å². The average Bonchev–Trinajstić information content (AvgIpc) is 3.12. The zero-order valence-electron chi connectivity index (χ0n) is 15.7. The Morgan fingerprint density at radius 1 is 1.04 bits per heavy atom. The smallest absolute Gasteiger partial charge is 0.254 e. The lowest BCUT2D eigenvalue weighted by Crippen LogP contribution is -2.29. The van der Waals surface area contributed by atoms with Crippen LogP contribution >= 0.6 is 0 Å². The van der Waals surface area contributed by atoms with Crippen LogP contribution in [0.2, 0.25) is 0 Å². The molecule has 0 aliphatic carbocycles. The molecule has 146 valence electrons. The molecule has 0 bridgehead atoms. The molecule has 1 N–H and O–H groups in total. The van der Waals surface area contributed by atoms with Gasteiger partial charge in [-0.05, 0) is 24.1 Å². The lowest BCUT2D eigenvalue weighted by atomic mass is 10.2. The van der Waals surface area contributed by atoms with Gasteiger partial charge in [-0.2, -0.15) is 5.10 Å². The molecule has 0 saturated carbocycles. The molecule has 6 nitrogen and oxygen atoms in total. The minimum Gasteiger partial charge on any atom is -0.351 e. The van der Waals surface area contributed by atoms with E-state index in [1.165, 1.54) is 0 Å². The number of carbonyl (C=O) groups is 1. The predicted octanol–water partition coefficient (Wildman–Crippen LogP) is 2.70. The third kappa shape index (κ3) is 4.67. The molecule has 0 unspecified atom stereocenters. The summed E-state index contributed by atoms with van der Waals surface area (Å²) < 4.78 is 26.4. The van der Waals surface area contributed by atoms with E-state index >= 15 is 0 Å². The molecule has 7 heteroatoms. The fraction of sp³-hybridized carbons (Fsp3) is 0.238. The van der Waals surface area contributed by atoms with Crippen molar-refractivity contribution in [3.05, 3.63) is 83.7 Å². The van der Waals surface area contributed by atoms with Crippen molar-refractivity contribution >= 4 is 15.7 Å². The highest BCUT2D eigenvalue weighted by Gasteiger charge is 2.18. The number of amides is 1. The number of nitrogens with zero attached hydrogens (tertiary/aromatic N) is 2. The maximum absolute atomic E-state index is 12.6. The molecule has 3 rings (SSSR count). The molecule has 0 radical (unpaired) electrons. The van der Waals surface area contributed by atoms with Gasteiger partial charge in [0, 0.05) is 6.54 Å². The zero-order valence-corrected chi connectivity index (χ0v) is 16.5. The van der Waals surface area contributed by atoms with E-state index in [2.05, 4.69) is 10.4 Å². The van der Waals surface area contributed by atoms with E-state index in [1.54, 1.807) is 36.5 Å². The first-order valence-electron chi connectivity index (χ1n) is 9.16. The average molecular weight is 398 g/mol. The van der Waals surface area contributed by atoms with Gasteiger partial charge in [0.05, 0.1) is 34.6 Å².